The molecule has 0 saturated carbocycles. The number of aromatic nitrogens is 1. The van der Waals surface area contributed by atoms with Crippen molar-refractivity contribution in [1.82, 2.24) is 52.0 Å². The molecule has 0 bridgehead atoms. The highest BCUT2D eigenvalue weighted by molar-refractivity contribution is 5.99. The van der Waals surface area contributed by atoms with Gasteiger partial charge in [0, 0.05) is 62.9 Å². The van der Waals surface area contributed by atoms with Crippen LogP contribution in [0, 0.1) is 11.8 Å². The number of guanidine groups is 1. The number of carbonyl (C=O) groups is 12. The lowest BCUT2D eigenvalue weighted by Gasteiger charge is -2.31. The second-order valence-corrected chi connectivity index (χ2v) is 22.0. The summed E-state index contributed by atoms with van der Waals surface area (Å²) in [6.07, 6.45) is 0.135. The number of benzene rings is 1. The van der Waals surface area contributed by atoms with E-state index in [-0.39, 0.29) is 82.2 Å². The van der Waals surface area contributed by atoms with E-state index in [4.69, 9.17) is 22.9 Å². The van der Waals surface area contributed by atoms with Crippen LogP contribution in [0.1, 0.15) is 124 Å². The summed E-state index contributed by atoms with van der Waals surface area (Å²) in [6.45, 7) is 9.83. The third-order valence-electron chi connectivity index (χ3n) is 14.9. The first-order chi connectivity index (χ1) is 39.6. The number of hydrogen-bond acceptors (Lipinski definition) is 14. The number of para-hydroxylation sites is 1. The number of H-pyrrole nitrogens is 1. The van der Waals surface area contributed by atoms with Gasteiger partial charge in [-0.2, -0.15) is 0 Å². The number of nitrogens with two attached hydrogens (primary N) is 4. The van der Waals surface area contributed by atoms with Gasteiger partial charge in [0.15, 0.2) is 5.96 Å². The number of likely N-dealkylation sites (tertiary alicyclic amines) is 2. The molecule has 4 rings (SSSR count). The molecular formula is C55H85N15O14. The fourth-order valence-electron chi connectivity index (χ4n) is 10.2. The first kappa shape index (κ1) is 68.1. The number of aliphatic hydroxyl groups excluding tert-OH is 1. The van der Waals surface area contributed by atoms with Gasteiger partial charge >= 0.3 is 5.97 Å². The number of carboxylic acid groups (broad SMARTS) is 1. The SMILES string of the molecule is CC[C@H](C)[C@H](NC(=O)[C@H](CCC(N)=O)NC(=O)[C@@H]1CCCN1C(C)=O)C(=O)N[C@H](C(=O)N[C@@H](CC(C)C)C(=O)N[C@@H](Cc1c[nH]c2ccccc12)C(=O)N[C@@H](CCC(N)=O)C(=O)N[C@@H](CCCN=C(N)N)C(=O)N1CCC[C@H]1C(=O)O)[C@@H](C)O. The van der Waals surface area contributed by atoms with Crippen molar-refractivity contribution in [2.45, 2.75) is 185 Å². The van der Waals surface area contributed by atoms with E-state index in [9.17, 15) is 67.7 Å². The number of primary amides is 2. The summed E-state index contributed by atoms with van der Waals surface area (Å²) in [5.41, 5.74) is 23.1. The molecule has 0 unspecified atom stereocenters. The number of aliphatic hydroxyl groups is 1. The Morgan fingerprint density at radius 3 is 1.76 bits per heavy atom. The van der Waals surface area contributed by atoms with E-state index in [1.165, 1.54) is 18.7 Å². The second kappa shape index (κ2) is 32.5. The summed E-state index contributed by atoms with van der Waals surface area (Å²) in [4.78, 5) is 172. The molecule has 1 aromatic heterocycles. The van der Waals surface area contributed by atoms with Gasteiger partial charge < -0.3 is 85.1 Å². The van der Waals surface area contributed by atoms with Gasteiger partial charge in [0.1, 0.15) is 54.4 Å². The first-order valence-electron chi connectivity index (χ1n) is 28.4. The van der Waals surface area contributed by atoms with E-state index in [2.05, 4.69) is 47.2 Å². The smallest absolute Gasteiger partial charge is 0.326 e. The number of carboxylic acids is 1. The van der Waals surface area contributed by atoms with Gasteiger partial charge in [-0.3, -0.25) is 57.7 Å². The van der Waals surface area contributed by atoms with Crippen molar-refractivity contribution >= 4 is 87.8 Å². The first-order valence-corrected chi connectivity index (χ1v) is 28.4. The van der Waals surface area contributed by atoms with Crippen molar-refractivity contribution < 1.29 is 67.7 Å². The highest BCUT2D eigenvalue weighted by Crippen LogP contribution is 2.23. The Morgan fingerprint density at radius 1 is 0.655 bits per heavy atom. The number of fused-ring (bicyclic) bond motifs is 1. The molecule has 84 heavy (non-hydrogen) atoms. The summed E-state index contributed by atoms with van der Waals surface area (Å²) in [5, 5.41) is 39.8. The van der Waals surface area contributed by atoms with Crippen LogP contribution in [0.5, 0.6) is 0 Å². The molecule has 11 atom stereocenters. The van der Waals surface area contributed by atoms with Crippen molar-refractivity contribution in [2.75, 3.05) is 19.6 Å². The standard InChI is InChI=1S/C55H85N15O14/c1-7-29(4)44(67-47(76)36(19-21-43(57)74)63-50(79)40-16-11-23-69(40)31(6)72)51(80)68-45(30(5)71)52(81)66-38(25-28(2)3)48(77)65-39(26-32-27-61-34-14-9-8-13-33(32)34)49(78)62-35(18-20-42(56)73)46(75)64-37(15-10-22-60-55(58)59)53(82)70-24-12-17-41(70)54(83)84/h8-9,13-14,27-30,35-41,44-45,61,71H,7,10-12,15-26H2,1-6H3,(H2,56,73)(H2,57,74)(H,62,78)(H,63,79)(H,64,75)(H,65,77)(H,66,81)(H,67,76)(H,68,80)(H,83,84)(H4,58,59,60)/t29-,30+,35-,36-,37-,38-,39-,40-,41-,44-,45-/m0/s1. The lowest BCUT2D eigenvalue weighted by molar-refractivity contribution is -0.149. The van der Waals surface area contributed by atoms with Crippen molar-refractivity contribution in [3.05, 3.63) is 36.0 Å². The molecule has 2 saturated heterocycles. The molecule has 0 spiro atoms. The molecule has 11 amide bonds. The van der Waals surface area contributed by atoms with Crippen LogP contribution in [0.2, 0.25) is 0 Å². The van der Waals surface area contributed by atoms with Crippen LogP contribution >= 0.6 is 0 Å². The van der Waals surface area contributed by atoms with E-state index < -0.39 is 138 Å². The Hall–Kier alpha value is -8.37. The number of hydrogen-bond donors (Lipinski definition) is 14. The maximum Gasteiger partial charge on any atom is 0.326 e. The molecule has 3 heterocycles. The quantitative estimate of drug-likeness (QED) is 0.0196. The van der Waals surface area contributed by atoms with Crippen LogP contribution in [-0.4, -0.2) is 182 Å². The minimum Gasteiger partial charge on any atom is -0.480 e. The summed E-state index contributed by atoms with van der Waals surface area (Å²) in [6, 6.07) is -5.40. The molecule has 2 aromatic rings. The van der Waals surface area contributed by atoms with E-state index >= 15 is 0 Å². The van der Waals surface area contributed by atoms with Crippen molar-refractivity contribution in [1.29, 1.82) is 0 Å². The monoisotopic (exact) mass is 1180 g/mol. The van der Waals surface area contributed by atoms with Gasteiger partial charge in [0.2, 0.25) is 65.0 Å². The predicted octanol–water partition coefficient (Wildman–Crippen LogP) is -2.75. The molecule has 1 aromatic carbocycles. The number of amides is 11. The molecular weight excluding hydrogens is 1090 g/mol. The Kier molecular flexibility index (Phi) is 26.3. The number of aromatic amines is 1. The van der Waals surface area contributed by atoms with Gasteiger partial charge in [-0.25, -0.2) is 4.79 Å². The summed E-state index contributed by atoms with van der Waals surface area (Å²) in [7, 11) is 0. The zero-order chi connectivity index (χ0) is 62.5. The van der Waals surface area contributed by atoms with Gasteiger partial charge in [0.05, 0.1) is 6.10 Å². The number of carbonyl (C=O) groups excluding carboxylic acids is 11. The molecule has 29 nitrogen and oxygen atoms in total. The number of nitrogens with zero attached hydrogens (tertiary/aromatic N) is 3. The fraction of sp³-hybridized carbons (Fsp3) is 0.618. The maximum atomic E-state index is 14.7. The van der Waals surface area contributed by atoms with E-state index in [0.717, 1.165) is 4.90 Å². The number of rotatable bonds is 33. The minimum atomic E-state index is -1.76. The highest BCUT2D eigenvalue weighted by Gasteiger charge is 2.41. The van der Waals surface area contributed by atoms with Crippen LogP contribution in [0.3, 0.4) is 0 Å². The predicted molar refractivity (Wildman–Crippen MR) is 306 cm³/mol. The van der Waals surface area contributed by atoms with Crippen LogP contribution in [0.25, 0.3) is 10.9 Å². The number of aliphatic carboxylic acids is 1. The molecule has 18 N–H and O–H groups in total. The largest absolute Gasteiger partial charge is 0.480 e. The summed E-state index contributed by atoms with van der Waals surface area (Å²) < 4.78 is 0. The summed E-state index contributed by atoms with van der Waals surface area (Å²) in [5.74, 6) is -11.4. The van der Waals surface area contributed by atoms with Crippen molar-refractivity contribution in [2.24, 2.45) is 39.8 Å². The molecule has 464 valence electrons. The maximum absolute atomic E-state index is 14.7. The minimum absolute atomic E-state index is 0.0446. The van der Waals surface area contributed by atoms with Gasteiger partial charge in [-0.15, -0.1) is 0 Å². The third-order valence-corrected chi connectivity index (χ3v) is 14.9. The molecule has 29 heteroatoms. The lowest BCUT2D eigenvalue weighted by Crippen LogP contribution is -2.63. The van der Waals surface area contributed by atoms with Crippen LogP contribution in [0.4, 0.5) is 0 Å². The van der Waals surface area contributed by atoms with E-state index in [0.29, 0.717) is 48.7 Å². The van der Waals surface area contributed by atoms with Crippen LogP contribution in [-0.2, 0) is 64.0 Å². The average Bonchev–Trinajstić information content (AvgIpc) is 4.31. The Balaban J connectivity index is 1.62. The molecule has 0 aliphatic carbocycles. The van der Waals surface area contributed by atoms with Gasteiger partial charge in [0.25, 0.3) is 0 Å². The normalized spacial score (nSPS) is 18.1. The van der Waals surface area contributed by atoms with E-state index in [1.54, 1.807) is 58.2 Å². The molecule has 2 aliphatic heterocycles. The highest BCUT2D eigenvalue weighted by atomic mass is 16.4. The lowest BCUT2D eigenvalue weighted by atomic mass is 9.96. The second-order valence-electron chi connectivity index (χ2n) is 22.0. The summed E-state index contributed by atoms with van der Waals surface area (Å²) >= 11 is 0. The van der Waals surface area contributed by atoms with Gasteiger partial charge in [-0.1, -0.05) is 52.3 Å². The molecule has 2 fully saturated rings. The number of nitrogens with one attached hydrogen (secondary N) is 8. The zero-order valence-corrected chi connectivity index (χ0v) is 48.6. The van der Waals surface area contributed by atoms with Crippen molar-refractivity contribution in [3.63, 3.8) is 0 Å². The average molecular weight is 1180 g/mol. The molecule has 0 radical (unpaired) electrons. The Bertz CT molecular complexity index is 2730. The van der Waals surface area contributed by atoms with Crippen LogP contribution < -0.4 is 60.2 Å². The Morgan fingerprint density at radius 2 is 1.18 bits per heavy atom. The van der Waals surface area contributed by atoms with Crippen molar-refractivity contribution in [3.8, 4) is 0 Å². The number of aliphatic imine (C=N–C) groups is 1. The molecule has 2 aliphatic rings. The van der Waals surface area contributed by atoms with Gasteiger partial charge in [-0.05, 0) is 88.2 Å². The van der Waals surface area contributed by atoms with Crippen LogP contribution in [0.15, 0.2) is 35.5 Å². The van der Waals surface area contributed by atoms with E-state index in [1.807, 2.05) is 0 Å². The topological polar surface area (TPSA) is 468 Å². The zero-order valence-electron chi connectivity index (χ0n) is 48.6. The fourth-order valence-corrected chi connectivity index (χ4v) is 10.2. The third kappa shape index (κ3) is 20.2. The Labute approximate surface area is 487 Å².